The Morgan fingerprint density at radius 1 is 1.39 bits per heavy atom. The maximum Gasteiger partial charge on any atom is 0.331 e. The number of esters is 1. The van der Waals surface area contributed by atoms with Crippen molar-refractivity contribution in [1.29, 1.82) is 0 Å². The zero-order chi connectivity index (χ0) is 13.4. The van der Waals surface area contributed by atoms with Gasteiger partial charge in [0.25, 0.3) is 0 Å². The Labute approximate surface area is 113 Å². The molecule has 0 aromatic heterocycles. The molecule has 1 N–H and O–H groups in total. The Bertz CT molecular complexity index is 369. The average Bonchev–Trinajstić information content (AvgIpc) is 2.44. The van der Waals surface area contributed by atoms with Gasteiger partial charge in [0.1, 0.15) is 0 Å². The number of methoxy groups -OCH3 is 1. The number of thioether (sulfide) groups is 1. The number of likely N-dealkylation sites (N-methyl/N-ethyl adjacent to an activating group) is 1. The molecule has 100 valence electrons. The molecule has 0 aliphatic heterocycles. The third-order valence-corrected chi connectivity index (χ3v) is 4.23. The van der Waals surface area contributed by atoms with E-state index in [0.717, 1.165) is 17.7 Å². The summed E-state index contributed by atoms with van der Waals surface area (Å²) in [5, 5.41) is 3.15. The highest BCUT2D eigenvalue weighted by molar-refractivity contribution is 7.99. The van der Waals surface area contributed by atoms with Crippen molar-refractivity contribution in [2.45, 2.75) is 18.9 Å². The number of benzene rings is 1. The lowest BCUT2D eigenvalue weighted by molar-refractivity contribution is -0.147. The molecule has 18 heavy (non-hydrogen) atoms. The van der Waals surface area contributed by atoms with Crippen LogP contribution in [0, 0.1) is 0 Å². The number of hydrogen-bond acceptors (Lipinski definition) is 4. The van der Waals surface area contributed by atoms with Crippen molar-refractivity contribution < 1.29 is 9.53 Å². The molecule has 0 radical (unpaired) electrons. The predicted molar refractivity (Wildman–Crippen MR) is 76.8 cm³/mol. The standard InChI is InChI=1S/C14H21NO2S/c1-4-10-18-11-14(15-2,13(16)17-3)12-8-6-5-7-9-12/h5-9,15H,4,10-11H2,1-3H3. The summed E-state index contributed by atoms with van der Waals surface area (Å²) in [5.74, 6) is 1.47. The zero-order valence-corrected chi connectivity index (χ0v) is 12.0. The summed E-state index contributed by atoms with van der Waals surface area (Å²) in [4.78, 5) is 12.2. The minimum Gasteiger partial charge on any atom is -0.467 e. The largest absolute Gasteiger partial charge is 0.467 e. The monoisotopic (exact) mass is 267 g/mol. The van der Waals surface area contributed by atoms with Gasteiger partial charge in [-0.05, 0) is 24.8 Å². The maximum absolute atomic E-state index is 12.2. The van der Waals surface area contributed by atoms with E-state index in [1.807, 2.05) is 30.3 Å². The number of ether oxygens (including phenoxy) is 1. The molecule has 0 aliphatic rings. The molecule has 0 saturated heterocycles. The smallest absolute Gasteiger partial charge is 0.331 e. The van der Waals surface area contributed by atoms with Gasteiger partial charge < -0.3 is 10.1 Å². The van der Waals surface area contributed by atoms with Crippen molar-refractivity contribution in [3.63, 3.8) is 0 Å². The van der Waals surface area contributed by atoms with E-state index in [0.29, 0.717) is 5.75 Å². The second-order valence-corrected chi connectivity index (χ2v) is 5.17. The molecule has 0 saturated carbocycles. The van der Waals surface area contributed by atoms with Crippen LogP contribution in [0.2, 0.25) is 0 Å². The van der Waals surface area contributed by atoms with E-state index in [2.05, 4.69) is 12.2 Å². The second kappa shape index (κ2) is 7.44. The summed E-state index contributed by atoms with van der Waals surface area (Å²) in [5.41, 5.74) is 0.193. The quantitative estimate of drug-likeness (QED) is 0.608. The van der Waals surface area contributed by atoms with Crippen LogP contribution in [0.3, 0.4) is 0 Å². The topological polar surface area (TPSA) is 38.3 Å². The summed E-state index contributed by atoms with van der Waals surface area (Å²) in [6, 6.07) is 9.74. The van der Waals surface area contributed by atoms with Crippen LogP contribution >= 0.6 is 11.8 Å². The first kappa shape index (κ1) is 15.1. The van der Waals surface area contributed by atoms with Gasteiger partial charge in [-0.25, -0.2) is 4.79 Å². The fraction of sp³-hybridized carbons (Fsp3) is 0.500. The van der Waals surface area contributed by atoms with Crippen molar-refractivity contribution >= 4 is 17.7 Å². The highest BCUT2D eigenvalue weighted by atomic mass is 32.2. The van der Waals surface area contributed by atoms with E-state index < -0.39 is 5.54 Å². The molecule has 4 heteroatoms. The fourth-order valence-electron chi connectivity index (χ4n) is 1.85. The van der Waals surface area contributed by atoms with E-state index in [1.165, 1.54) is 7.11 Å². The Hall–Kier alpha value is -1.00. The first-order chi connectivity index (χ1) is 8.71. The fourth-order valence-corrected chi connectivity index (χ4v) is 3.01. The summed E-state index contributed by atoms with van der Waals surface area (Å²) < 4.78 is 4.98. The molecule has 0 fully saturated rings. The third-order valence-electron chi connectivity index (χ3n) is 2.89. The number of rotatable bonds is 7. The number of nitrogens with one attached hydrogen (secondary N) is 1. The lowest BCUT2D eigenvalue weighted by atomic mass is 9.92. The van der Waals surface area contributed by atoms with Gasteiger partial charge in [0.05, 0.1) is 7.11 Å². The summed E-state index contributed by atoms with van der Waals surface area (Å²) >= 11 is 1.76. The molecule has 0 aliphatic carbocycles. The average molecular weight is 267 g/mol. The van der Waals surface area contributed by atoms with Gasteiger partial charge in [0.15, 0.2) is 5.54 Å². The molecule has 0 spiro atoms. The second-order valence-electron chi connectivity index (χ2n) is 4.07. The van der Waals surface area contributed by atoms with E-state index in [1.54, 1.807) is 18.8 Å². The van der Waals surface area contributed by atoms with Gasteiger partial charge in [-0.2, -0.15) is 11.8 Å². The van der Waals surface area contributed by atoms with Crippen LogP contribution in [0.15, 0.2) is 30.3 Å². The highest BCUT2D eigenvalue weighted by Crippen LogP contribution is 2.27. The van der Waals surface area contributed by atoms with E-state index in [9.17, 15) is 4.79 Å². The summed E-state index contributed by atoms with van der Waals surface area (Å²) in [6.07, 6.45) is 1.10. The Kier molecular flexibility index (Phi) is 6.22. The molecule has 3 nitrogen and oxygen atoms in total. The molecule has 1 atom stereocenters. The first-order valence-electron chi connectivity index (χ1n) is 6.12. The molecule has 0 heterocycles. The van der Waals surface area contributed by atoms with Crippen LogP contribution in [0.5, 0.6) is 0 Å². The van der Waals surface area contributed by atoms with Crippen LogP contribution in [0.25, 0.3) is 0 Å². The normalized spacial score (nSPS) is 13.9. The van der Waals surface area contributed by atoms with Crippen molar-refractivity contribution in [2.24, 2.45) is 0 Å². The van der Waals surface area contributed by atoms with Crippen LogP contribution in [-0.4, -0.2) is 31.6 Å². The number of carbonyl (C=O) groups is 1. The van der Waals surface area contributed by atoms with Crippen molar-refractivity contribution in [3.05, 3.63) is 35.9 Å². The van der Waals surface area contributed by atoms with E-state index in [4.69, 9.17) is 4.74 Å². The lowest BCUT2D eigenvalue weighted by Crippen LogP contribution is -2.50. The molecule has 1 aromatic rings. The highest BCUT2D eigenvalue weighted by Gasteiger charge is 2.39. The molecule has 1 unspecified atom stereocenters. The molecule has 1 rings (SSSR count). The van der Waals surface area contributed by atoms with Gasteiger partial charge in [0.2, 0.25) is 0 Å². The van der Waals surface area contributed by atoms with Crippen molar-refractivity contribution in [3.8, 4) is 0 Å². The van der Waals surface area contributed by atoms with Crippen molar-refractivity contribution in [2.75, 3.05) is 25.7 Å². The van der Waals surface area contributed by atoms with Gasteiger partial charge in [0, 0.05) is 5.75 Å². The van der Waals surface area contributed by atoms with Gasteiger partial charge >= 0.3 is 5.97 Å². The Morgan fingerprint density at radius 3 is 2.56 bits per heavy atom. The maximum atomic E-state index is 12.2. The Balaban J connectivity index is 3.02. The lowest BCUT2D eigenvalue weighted by Gasteiger charge is -2.30. The van der Waals surface area contributed by atoms with Gasteiger partial charge in [-0.1, -0.05) is 37.3 Å². The molecule has 1 aromatic carbocycles. The summed E-state index contributed by atoms with van der Waals surface area (Å²) in [6.45, 7) is 2.13. The van der Waals surface area contributed by atoms with Gasteiger partial charge in [-0.15, -0.1) is 0 Å². The summed E-state index contributed by atoms with van der Waals surface area (Å²) in [7, 11) is 3.23. The zero-order valence-electron chi connectivity index (χ0n) is 11.2. The minimum atomic E-state index is -0.754. The Morgan fingerprint density at radius 2 is 2.06 bits per heavy atom. The van der Waals surface area contributed by atoms with Crippen LogP contribution in [-0.2, 0) is 15.1 Å². The van der Waals surface area contributed by atoms with Crippen molar-refractivity contribution in [1.82, 2.24) is 5.32 Å². The molecule has 0 amide bonds. The SMILES string of the molecule is CCCSCC(NC)(C(=O)OC)c1ccccc1. The van der Waals surface area contributed by atoms with Crippen LogP contribution in [0.4, 0.5) is 0 Å². The first-order valence-corrected chi connectivity index (χ1v) is 7.27. The van der Waals surface area contributed by atoms with E-state index >= 15 is 0 Å². The molecular weight excluding hydrogens is 246 g/mol. The third kappa shape index (κ3) is 3.27. The van der Waals surface area contributed by atoms with Crippen LogP contribution < -0.4 is 5.32 Å². The predicted octanol–water partition coefficient (Wildman–Crippen LogP) is 2.42. The van der Waals surface area contributed by atoms with E-state index in [-0.39, 0.29) is 5.97 Å². The molecule has 0 bridgehead atoms. The van der Waals surface area contributed by atoms with Gasteiger partial charge in [-0.3, -0.25) is 0 Å². The minimum absolute atomic E-state index is 0.236. The number of hydrogen-bond donors (Lipinski definition) is 1. The molecular formula is C14H21NO2S. The van der Waals surface area contributed by atoms with Crippen LogP contribution in [0.1, 0.15) is 18.9 Å². The number of carbonyl (C=O) groups excluding carboxylic acids is 1.